The van der Waals surface area contributed by atoms with Gasteiger partial charge in [-0.25, -0.2) is 13.4 Å². The van der Waals surface area contributed by atoms with Crippen LogP contribution in [-0.4, -0.2) is 56.1 Å². The molecule has 176 valence electrons. The van der Waals surface area contributed by atoms with Gasteiger partial charge in [0, 0.05) is 6.07 Å². The molecule has 8 nitrogen and oxygen atoms in total. The molecule has 2 saturated heterocycles. The number of hydrogen-bond donors (Lipinski definition) is 1. The maximum absolute atomic E-state index is 13.4. The molecular weight excluding hydrogens is 449 g/mol. The summed E-state index contributed by atoms with van der Waals surface area (Å²) in [5, 5.41) is 14.0. The molecule has 0 aromatic carbocycles. The summed E-state index contributed by atoms with van der Waals surface area (Å²) in [4.78, 5) is 3.91. The molecule has 0 radical (unpaired) electrons. The highest BCUT2D eigenvalue weighted by molar-refractivity contribution is 7.93. The molecule has 0 saturated carbocycles. The van der Waals surface area contributed by atoms with Gasteiger partial charge in [0.2, 0.25) is 11.5 Å². The predicted octanol–water partition coefficient (Wildman–Crippen LogP) is 2.83. The van der Waals surface area contributed by atoms with Crippen LogP contribution in [0, 0.1) is 5.92 Å². The van der Waals surface area contributed by atoms with Crippen molar-refractivity contribution < 1.29 is 31.4 Å². The molecule has 3 unspecified atom stereocenters. The van der Waals surface area contributed by atoms with Crippen molar-refractivity contribution in [1.82, 2.24) is 19.3 Å². The van der Waals surface area contributed by atoms with Gasteiger partial charge in [0.1, 0.15) is 0 Å². The molecule has 2 aromatic heterocycles. The van der Waals surface area contributed by atoms with Crippen molar-refractivity contribution in [3.05, 3.63) is 18.1 Å². The summed E-state index contributed by atoms with van der Waals surface area (Å²) < 4.78 is 73.7. The molecule has 3 aliphatic heterocycles. The molecule has 0 amide bonds. The second-order valence-electron chi connectivity index (χ2n) is 9.36. The van der Waals surface area contributed by atoms with Gasteiger partial charge < -0.3 is 14.4 Å². The zero-order valence-corrected chi connectivity index (χ0v) is 18.5. The highest BCUT2D eigenvalue weighted by Crippen LogP contribution is 2.43. The third kappa shape index (κ3) is 3.17. The number of imidazole rings is 1. The molecule has 3 aliphatic rings. The molecule has 4 atom stereocenters. The van der Waals surface area contributed by atoms with Crippen molar-refractivity contribution in [3.63, 3.8) is 0 Å². The van der Waals surface area contributed by atoms with E-state index in [0.29, 0.717) is 63.0 Å². The van der Waals surface area contributed by atoms with E-state index in [0.717, 1.165) is 0 Å². The fourth-order valence-electron chi connectivity index (χ4n) is 5.28. The number of nitrogens with zero attached hydrogens (tertiary/aromatic N) is 4. The first-order chi connectivity index (χ1) is 14.9. The van der Waals surface area contributed by atoms with E-state index in [-0.39, 0.29) is 16.4 Å². The van der Waals surface area contributed by atoms with Crippen molar-refractivity contribution in [2.45, 2.75) is 74.4 Å². The van der Waals surface area contributed by atoms with Crippen LogP contribution < -0.4 is 4.74 Å². The quantitative estimate of drug-likeness (QED) is 0.732. The monoisotopic (exact) mass is 474 g/mol. The second-order valence-corrected chi connectivity index (χ2v) is 11.9. The van der Waals surface area contributed by atoms with E-state index in [4.69, 9.17) is 4.74 Å². The lowest BCUT2D eigenvalue weighted by molar-refractivity contribution is -0.262. The molecule has 0 aliphatic carbocycles. The lowest BCUT2D eigenvalue weighted by atomic mass is 10.0. The summed E-state index contributed by atoms with van der Waals surface area (Å²) >= 11 is 0. The predicted molar refractivity (Wildman–Crippen MR) is 108 cm³/mol. The minimum absolute atomic E-state index is 0.132. The van der Waals surface area contributed by atoms with E-state index in [1.165, 1.54) is 10.8 Å². The summed E-state index contributed by atoms with van der Waals surface area (Å²) in [5.74, 6) is 0.0146. The van der Waals surface area contributed by atoms with Gasteiger partial charge in [-0.2, -0.15) is 13.2 Å². The number of alkyl halides is 3. The van der Waals surface area contributed by atoms with Crippen LogP contribution in [0.2, 0.25) is 0 Å². The standard InChI is InChI=1S/C20H25F3N4O4S/c1-11-9-26-15(16-8-24-18(27(11)16)19(2,28)20(21,22)23)7-17(25-26)31-10-12-5-13-3-4-14(6-12)32(13,29)30/h7-8,11-14,28H,3-6,9-10H2,1-2H3/t11-,12?,13?,14?,19?/m0/s1. The number of ether oxygens (including phenoxy) is 1. The second kappa shape index (κ2) is 6.96. The minimum Gasteiger partial charge on any atom is -0.476 e. The van der Waals surface area contributed by atoms with Gasteiger partial charge in [-0.1, -0.05) is 0 Å². The Balaban J connectivity index is 1.36. The number of aliphatic hydroxyl groups is 1. The number of rotatable bonds is 4. The summed E-state index contributed by atoms with van der Waals surface area (Å²) in [6, 6.07) is 1.25. The van der Waals surface area contributed by atoms with Gasteiger partial charge in [-0.15, -0.1) is 5.10 Å². The van der Waals surface area contributed by atoms with Crippen molar-refractivity contribution >= 4 is 9.84 Å². The first-order valence-corrected chi connectivity index (χ1v) is 12.3. The molecule has 2 fully saturated rings. The Morgan fingerprint density at radius 3 is 2.50 bits per heavy atom. The molecule has 5 heterocycles. The van der Waals surface area contributed by atoms with Crippen LogP contribution >= 0.6 is 0 Å². The van der Waals surface area contributed by atoms with E-state index in [1.54, 1.807) is 17.7 Å². The molecule has 12 heteroatoms. The van der Waals surface area contributed by atoms with Gasteiger partial charge in [0.25, 0.3) is 0 Å². The smallest absolute Gasteiger partial charge is 0.424 e. The van der Waals surface area contributed by atoms with Gasteiger partial charge in [-0.3, -0.25) is 4.68 Å². The number of hydrogen-bond acceptors (Lipinski definition) is 6. The topological polar surface area (TPSA) is 99.2 Å². The molecule has 2 bridgehead atoms. The number of halogens is 3. The third-order valence-electron chi connectivity index (χ3n) is 7.08. The van der Waals surface area contributed by atoms with Gasteiger partial charge >= 0.3 is 6.18 Å². The van der Waals surface area contributed by atoms with Crippen LogP contribution in [-0.2, 0) is 22.0 Å². The Hall–Kier alpha value is -2.08. The molecule has 5 rings (SSSR count). The maximum Gasteiger partial charge on any atom is 0.424 e. The van der Waals surface area contributed by atoms with Crippen molar-refractivity contribution in [3.8, 4) is 17.3 Å². The van der Waals surface area contributed by atoms with E-state index in [9.17, 15) is 26.7 Å². The largest absolute Gasteiger partial charge is 0.476 e. The van der Waals surface area contributed by atoms with E-state index in [1.807, 2.05) is 0 Å². The third-order valence-corrected chi connectivity index (χ3v) is 9.80. The van der Waals surface area contributed by atoms with Crippen molar-refractivity contribution in [2.24, 2.45) is 5.92 Å². The normalized spacial score (nSPS) is 30.4. The lowest BCUT2D eigenvalue weighted by Gasteiger charge is -2.31. The van der Waals surface area contributed by atoms with Gasteiger partial charge in [0.15, 0.2) is 15.7 Å². The molecule has 2 aromatic rings. The zero-order valence-electron chi connectivity index (χ0n) is 17.7. The lowest BCUT2D eigenvalue weighted by Crippen LogP contribution is -2.42. The number of sulfone groups is 1. The SMILES string of the molecule is C[C@H]1Cn2nc(OCC3CC4CCC(C3)S4(=O)=O)cc2-c2cnc(C(C)(O)C(F)(F)F)n21. The molecule has 32 heavy (non-hydrogen) atoms. The Kier molecular flexibility index (Phi) is 4.73. The van der Waals surface area contributed by atoms with Crippen LogP contribution in [0.15, 0.2) is 12.3 Å². The zero-order chi connectivity index (χ0) is 23.1. The van der Waals surface area contributed by atoms with E-state index < -0.39 is 33.5 Å². The average molecular weight is 475 g/mol. The van der Waals surface area contributed by atoms with Crippen LogP contribution in [0.1, 0.15) is 51.4 Å². The van der Waals surface area contributed by atoms with Gasteiger partial charge in [-0.05, 0) is 45.4 Å². The highest BCUT2D eigenvalue weighted by atomic mass is 32.2. The average Bonchev–Trinajstić information content (AvgIpc) is 3.31. The number of fused-ring (bicyclic) bond motifs is 5. The fourth-order valence-corrected chi connectivity index (χ4v) is 7.83. The summed E-state index contributed by atoms with van der Waals surface area (Å²) in [6.45, 7) is 3.09. The Bertz CT molecular complexity index is 1130. The van der Waals surface area contributed by atoms with Crippen LogP contribution in [0.25, 0.3) is 11.4 Å². The Morgan fingerprint density at radius 2 is 1.88 bits per heavy atom. The highest BCUT2D eigenvalue weighted by Gasteiger charge is 2.55. The summed E-state index contributed by atoms with van der Waals surface area (Å²) in [5.41, 5.74) is -2.10. The van der Waals surface area contributed by atoms with Crippen molar-refractivity contribution in [2.75, 3.05) is 6.61 Å². The maximum atomic E-state index is 13.4. The molecular formula is C20H25F3N4O4S. The summed E-state index contributed by atoms with van der Waals surface area (Å²) in [7, 11) is -2.99. The molecule has 1 N–H and O–H groups in total. The fraction of sp³-hybridized carbons (Fsp3) is 0.700. The number of aromatic nitrogens is 4. The first-order valence-electron chi connectivity index (χ1n) is 10.7. The van der Waals surface area contributed by atoms with Crippen LogP contribution in [0.3, 0.4) is 0 Å². The minimum atomic E-state index is -4.87. The summed E-state index contributed by atoms with van der Waals surface area (Å²) in [6.07, 6.45) is -0.944. The van der Waals surface area contributed by atoms with Crippen LogP contribution in [0.5, 0.6) is 5.88 Å². The Morgan fingerprint density at radius 1 is 1.22 bits per heavy atom. The molecule has 0 spiro atoms. The van der Waals surface area contributed by atoms with E-state index in [2.05, 4.69) is 10.1 Å². The first kappa shape index (κ1) is 21.7. The van der Waals surface area contributed by atoms with E-state index >= 15 is 0 Å². The Labute approximate surface area is 183 Å². The van der Waals surface area contributed by atoms with Crippen molar-refractivity contribution in [1.29, 1.82) is 0 Å². The van der Waals surface area contributed by atoms with Gasteiger partial charge in [0.05, 0.1) is 47.3 Å². The van der Waals surface area contributed by atoms with Crippen LogP contribution in [0.4, 0.5) is 13.2 Å².